The van der Waals surface area contributed by atoms with E-state index >= 15 is 0 Å². The van der Waals surface area contributed by atoms with Crippen LogP contribution in [0, 0.1) is 5.82 Å². The van der Waals surface area contributed by atoms with Crippen molar-refractivity contribution in [3.8, 4) is 0 Å². The summed E-state index contributed by atoms with van der Waals surface area (Å²) in [7, 11) is 1.60. The molecule has 1 saturated carbocycles. The van der Waals surface area contributed by atoms with Crippen LogP contribution in [0.2, 0.25) is 0 Å². The Labute approximate surface area is 225 Å². The molecule has 0 unspecified atom stereocenters. The van der Waals surface area contributed by atoms with Gasteiger partial charge in [0.1, 0.15) is 5.82 Å². The number of methoxy groups -OCH3 is 1. The summed E-state index contributed by atoms with van der Waals surface area (Å²) >= 11 is 0. The number of carbonyl (C=O) groups excluding carboxylic acids is 2. The van der Waals surface area contributed by atoms with E-state index in [9.17, 15) is 14.0 Å². The van der Waals surface area contributed by atoms with Gasteiger partial charge in [0, 0.05) is 38.1 Å². The highest BCUT2D eigenvalue weighted by atomic mass is 19.1. The van der Waals surface area contributed by atoms with Crippen molar-refractivity contribution in [3.63, 3.8) is 0 Å². The molecular formula is C31H38FN3O3. The lowest BCUT2D eigenvalue weighted by molar-refractivity contribution is -0.143. The van der Waals surface area contributed by atoms with E-state index in [1.165, 1.54) is 18.6 Å². The third-order valence-corrected chi connectivity index (χ3v) is 7.30. The molecule has 0 spiro atoms. The van der Waals surface area contributed by atoms with E-state index in [0.717, 1.165) is 42.5 Å². The number of rotatable bonds is 12. The van der Waals surface area contributed by atoms with E-state index in [1.807, 2.05) is 53.6 Å². The summed E-state index contributed by atoms with van der Waals surface area (Å²) in [5.74, 6) is -0.371. The Bertz CT molecular complexity index is 1160. The molecule has 1 aliphatic rings. The molecule has 1 fully saturated rings. The molecule has 2 amide bonds. The summed E-state index contributed by atoms with van der Waals surface area (Å²) in [6.45, 7) is 1.85. The Morgan fingerprint density at radius 3 is 2.37 bits per heavy atom. The number of carbonyl (C=O) groups is 2. The molecule has 3 aromatic rings. The fourth-order valence-electron chi connectivity index (χ4n) is 5.15. The smallest absolute Gasteiger partial charge is 0.242 e. The number of hydrogen-bond acceptors (Lipinski definition) is 3. The maximum absolute atomic E-state index is 13.8. The first kappa shape index (κ1) is 27.6. The SMILES string of the molecule is COCCN(CC(=O)N(Cc1cccn1Cc1ccc(F)cc1)C1CCCCC1)C(=O)Cc1ccccc1. The monoisotopic (exact) mass is 519 g/mol. The number of hydrogen-bond donors (Lipinski definition) is 0. The Morgan fingerprint density at radius 1 is 0.921 bits per heavy atom. The van der Waals surface area contributed by atoms with Crippen LogP contribution in [0.15, 0.2) is 72.9 Å². The van der Waals surface area contributed by atoms with Crippen LogP contribution in [0.1, 0.15) is 48.9 Å². The molecule has 6 nitrogen and oxygen atoms in total. The summed E-state index contributed by atoms with van der Waals surface area (Å²) in [4.78, 5) is 30.7. The lowest BCUT2D eigenvalue weighted by Gasteiger charge is -2.36. The third kappa shape index (κ3) is 7.78. The van der Waals surface area contributed by atoms with Crippen molar-refractivity contribution in [2.75, 3.05) is 26.8 Å². The summed E-state index contributed by atoms with van der Waals surface area (Å²) in [6, 6.07) is 20.3. The molecule has 1 aliphatic carbocycles. The Balaban J connectivity index is 1.50. The van der Waals surface area contributed by atoms with Crippen LogP contribution in [-0.4, -0.2) is 59.0 Å². The third-order valence-electron chi connectivity index (χ3n) is 7.30. The first-order chi connectivity index (χ1) is 18.5. The van der Waals surface area contributed by atoms with Crippen LogP contribution in [0.5, 0.6) is 0 Å². The zero-order valence-corrected chi connectivity index (χ0v) is 22.2. The predicted octanol–water partition coefficient (Wildman–Crippen LogP) is 5.05. The zero-order chi connectivity index (χ0) is 26.7. The predicted molar refractivity (Wildman–Crippen MR) is 146 cm³/mol. The fraction of sp³-hybridized carbons (Fsp3) is 0.419. The van der Waals surface area contributed by atoms with Gasteiger partial charge in [-0.3, -0.25) is 9.59 Å². The largest absolute Gasteiger partial charge is 0.383 e. The van der Waals surface area contributed by atoms with E-state index in [2.05, 4.69) is 4.57 Å². The number of benzene rings is 2. The molecular weight excluding hydrogens is 481 g/mol. The second kappa shape index (κ2) is 13.9. The van der Waals surface area contributed by atoms with Gasteiger partial charge < -0.3 is 19.1 Å². The quantitative estimate of drug-likeness (QED) is 0.336. The zero-order valence-electron chi connectivity index (χ0n) is 22.2. The van der Waals surface area contributed by atoms with Crippen molar-refractivity contribution < 1.29 is 18.7 Å². The van der Waals surface area contributed by atoms with Gasteiger partial charge in [-0.2, -0.15) is 0 Å². The van der Waals surface area contributed by atoms with Crippen LogP contribution < -0.4 is 0 Å². The minimum Gasteiger partial charge on any atom is -0.383 e. The van der Waals surface area contributed by atoms with Crippen LogP contribution in [0.4, 0.5) is 4.39 Å². The van der Waals surface area contributed by atoms with Gasteiger partial charge in [-0.15, -0.1) is 0 Å². The Morgan fingerprint density at radius 2 is 1.66 bits per heavy atom. The fourth-order valence-corrected chi connectivity index (χ4v) is 5.15. The number of amides is 2. The van der Waals surface area contributed by atoms with Gasteiger partial charge in [-0.25, -0.2) is 4.39 Å². The standard InChI is InChI=1S/C31H38FN3O3/c1-38-20-19-34(30(36)21-25-9-4-2-5-10-25)24-31(37)35(28-11-6-3-7-12-28)23-29-13-8-18-33(29)22-26-14-16-27(32)17-15-26/h2,4-5,8-10,13-18,28H,3,6-7,11-12,19-24H2,1H3. The molecule has 4 rings (SSSR count). The molecule has 0 atom stereocenters. The highest BCUT2D eigenvalue weighted by Gasteiger charge is 2.29. The van der Waals surface area contributed by atoms with Gasteiger partial charge in [0.25, 0.3) is 0 Å². The van der Waals surface area contributed by atoms with E-state index in [0.29, 0.717) is 26.2 Å². The molecule has 202 valence electrons. The second-order valence-electron chi connectivity index (χ2n) is 10.0. The van der Waals surface area contributed by atoms with Crippen molar-refractivity contribution in [3.05, 3.63) is 95.6 Å². The minimum absolute atomic E-state index is 0.0319. The molecule has 2 aromatic carbocycles. The molecule has 1 heterocycles. The summed E-state index contributed by atoms with van der Waals surface area (Å²) in [6.07, 6.45) is 7.59. The summed E-state index contributed by atoms with van der Waals surface area (Å²) < 4.78 is 20.7. The Hall–Kier alpha value is -3.45. The lowest BCUT2D eigenvalue weighted by Crippen LogP contribution is -2.48. The van der Waals surface area contributed by atoms with Gasteiger partial charge in [0.05, 0.1) is 26.1 Å². The highest BCUT2D eigenvalue weighted by Crippen LogP contribution is 2.25. The molecule has 0 saturated heterocycles. The topological polar surface area (TPSA) is 54.8 Å². The van der Waals surface area contributed by atoms with Crippen molar-refractivity contribution in [2.24, 2.45) is 0 Å². The summed E-state index contributed by atoms with van der Waals surface area (Å²) in [5, 5.41) is 0. The molecule has 0 aliphatic heterocycles. The minimum atomic E-state index is -0.254. The van der Waals surface area contributed by atoms with Gasteiger partial charge in [0.2, 0.25) is 11.8 Å². The normalized spacial score (nSPS) is 13.8. The first-order valence-electron chi connectivity index (χ1n) is 13.5. The van der Waals surface area contributed by atoms with E-state index < -0.39 is 0 Å². The van der Waals surface area contributed by atoms with Gasteiger partial charge in [0.15, 0.2) is 0 Å². The molecule has 7 heteroatoms. The van der Waals surface area contributed by atoms with Crippen LogP contribution in [0.25, 0.3) is 0 Å². The van der Waals surface area contributed by atoms with Crippen molar-refractivity contribution in [1.82, 2.24) is 14.4 Å². The van der Waals surface area contributed by atoms with Crippen LogP contribution >= 0.6 is 0 Å². The number of aromatic nitrogens is 1. The van der Waals surface area contributed by atoms with E-state index in [-0.39, 0.29) is 36.6 Å². The maximum atomic E-state index is 13.8. The van der Waals surface area contributed by atoms with Crippen LogP contribution in [-0.2, 0) is 33.8 Å². The molecule has 0 bridgehead atoms. The van der Waals surface area contributed by atoms with E-state index in [4.69, 9.17) is 4.74 Å². The average Bonchev–Trinajstić information content (AvgIpc) is 3.38. The second-order valence-corrected chi connectivity index (χ2v) is 10.0. The van der Waals surface area contributed by atoms with Gasteiger partial charge >= 0.3 is 0 Å². The average molecular weight is 520 g/mol. The number of nitrogens with zero attached hydrogens (tertiary/aromatic N) is 3. The summed E-state index contributed by atoms with van der Waals surface area (Å²) in [5.41, 5.74) is 2.94. The van der Waals surface area contributed by atoms with Gasteiger partial charge in [-0.1, -0.05) is 61.7 Å². The number of halogens is 1. The van der Waals surface area contributed by atoms with E-state index in [1.54, 1.807) is 24.1 Å². The van der Waals surface area contributed by atoms with Crippen molar-refractivity contribution in [1.29, 1.82) is 0 Å². The highest BCUT2D eigenvalue weighted by molar-refractivity contribution is 5.86. The molecule has 1 aromatic heterocycles. The first-order valence-corrected chi connectivity index (χ1v) is 13.5. The van der Waals surface area contributed by atoms with Crippen molar-refractivity contribution >= 4 is 11.8 Å². The lowest BCUT2D eigenvalue weighted by atomic mass is 9.94. The maximum Gasteiger partial charge on any atom is 0.242 e. The molecule has 0 radical (unpaired) electrons. The number of ether oxygens (including phenoxy) is 1. The Kier molecular flexibility index (Phi) is 10.1. The molecule has 0 N–H and O–H groups in total. The van der Waals surface area contributed by atoms with Gasteiger partial charge in [-0.05, 0) is 48.2 Å². The van der Waals surface area contributed by atoms with Crippen molar-refractivity contribution in [2.45, 2.75) is 57.7 Å². The van der Waals surface area contributed by atoms with Crippen LogP contribution in [0.3, 0.4) is 0 Å². The molecule has 38 heavy (non-hydrogen) atoms.